The Kier molecular flexibility index (Phi) is 7.62. The van der Waals surface area contributed by atoms with Crippen molar-refractivity contribution < 1.29 is 14.5 Å². The summed E-state index contributed by atoms with van der Waals surface area (Å²) in [5, 5.41) is 17.0. The molecule has 1 unspecified atom stereocenters. The first-order valence-corrected chi connectivity index (χ1v) is 7.42. The molecule has 0 aliphatic heterocycles. The molecule has 1 atom stereocenters. The van der Waals surface area contributed by atoms with E-state index in [1.54, 1.807) is 0 Å². The quantitative estimate of drug-likeness (QED) is 0.411. The van der Waals surface area contributed by atoms with Crippen LogP contribution in [0.5, 0.6) is 5.75 Å². The van der Waals surface area contributed by atoms with Crippen LogP contribution in [0.1, 0.15) is 20.3 Å². The number of benzene rings is 1. The molecule has 0 spiro atoms. The number of rotatable bonds is 9. The number of carbonyl (C=O) groups is 1. The van der Waals surface area contributed by atoms with Crippen LogP contribution in [-0.4, -0.2) is 36.6 Å². The van der Waals surface area contributed by atoms with Gasteiger partial charge in [0.1, 0.15) is 0 Å². The van der Waals surface area contributed by atoms with Gasteiger partial charge in [0, 0.05) is 24.2 Å². The average Bonchev–Trinajstić information content (AvgIpc) is 2.48. The molecular formula is C14H20ClN3O4. The largest absolute Gasteiger partial charge is 0.474 e. The van der Waals surface area contributed by atoms with Crippen molar-refractivity contribution in [2.45, 2.75) is 26.4 Å². The highest BCUT2D eigenvalue weighted by Crippen LogP contribution is 2.30. The number of nitro benzene ring substituents is 1. The van der Waals surface area contributed by atoms with Gasteiger partial charge in [0.05, 0.1) is 4.92 Å². The van der Waals surface area contributed by atoms with Gasteiger partial charge in [0.2, 0.25) is 0 Å². The Morgan fingerprint density at radius 3 is 2.77 bits per heavy atom. The maximum absolute atomic E-state index is 11.9. The fourth-order valence-corrected chi connectivity index (χ4v) is 1.86. The number of hydrogen-bond donors (Lipinski definition) is 2. The van der Waals surface area contributed by atoms with Gasteiger partial charge in [0.25, 0.3) is 5.91 Å². The molecule has 0 heterocycles. The molecule has 0 aromatic heterocycles. The highest BCUT2D eigenvalue weighted by molar-refractivity contribution is 6.30. The summed E-state index contributed by atoms with van der Waals surface area (Å²) in [4.78, 5) is 22.2. The Bertz CT molecular complexity index is 525. The number of nitrogens with zero attached hydrogens (tertiary/aromatic N) is 1. The number of ether oxygens (including phenoxy) is 1. The van der Waals surface area contributed by atoms with E-state index in [9.17, 15) is 14.9 Å². The van der Waals surface area contributed by atoms with Crippen molar-refractivity contribution in [3.05, 3.63) is 33.3 Å². The Labute approximate surface area is 134 Å². The highest BCUT2D eigenvalue weighted by atomic mass is 35.5. The lowest BCUT2D eigenvalue weighted by Gasteiger charge is -2.15. The summed E-state index contributed by atoms with van der Waals surface area (Å²) in [6, 6.07) is 4.05. The Balaban J connectivity index is 2.55. The van der Waals surface area contributed by atoms with Gasteiger partial charge in [-0.25, -0.2) is 0 Å². The van der Waals surface area contributed by atoms with Crippen molar-refractivity contribution in [2.24, 2.45) is 0 Å². The predicted molar refractivity (Wildman–Crippen MR) is 84.4 cm³/mol. The molecule has 1 rings (SSSR count). The number of hydrogen-bond acceptors (Lipinski definition) is 5. The van der Waals surface area contributed by atoms with Gasteiger partial charge < -0.3 is 15.4 Å². The van der Waals surface area contributed by atoms with Crippen molar-refractivity contribution in [3.63, 3.8) is 0 Å². The van der Waals surface area contributed by atoms with Crippen LogP contribution >= 0.6 is 11.6 Å². The van der Waals surface area contributed by atoms with Crippen molar-refractivity contribution in [2.75, 3.05) is 19.6 Å². The third kappa shape index (κ3) is 5.87. The molecule has 0 fully saturated rings. The first-order chi connectivity index (χ1) is 10.5. The van der Waals surface area contributed by atoms with Crippen molar-refractivity contribution in [1.82, 2.24) is 10.6 Å². The summed E-state index contributed by atoms with van der Waals surface area (Å²) in [6.07, 6.45) is 0.180. The summed E-state index contributed by atoms with van der Waals surface area (Å²) >= 11 is 5.72. The van der Waals surface area contributed by atoms with E-state index in [2.05, 4.69) is 17.6 Å². The van der Waals surface area contributed by atoms with E-state index in [1.165, 1.54) is 25.1 Å². The van der Waals surface area contributed by atoms with Crippen LogP contribution in [0.25, 0.3) is 0 Å². The van der Waals surface area contributed by atoms with E-state index in [0.29, 0.717) is 13.1 Å². The fraction of sp³-hybridized carbons (Fsp3) is 0.500. The van der Waals surface area contributed by atoms with Crippen molar-refractivity contribution in [3.8, 4) is 5.75 Å². The second-order valence-electron chi connectivity index (χ2n) is 4.67. The molecule has 2 N–H and O–H groups in total. The molecule has 122 valence electrons. The molecular weight excluding hydrogens is 310 g/mol. The minimum absolute atomic E-state index is 0.0150. The number of halogens is 1. The van der Waals surface area contributed by atoms with Gasteiger partial charge >= 0.3 is 5.69 Å². The topological polar surface area (TPSA) is 93.5 Å². The first kappa shape index (κ1) is 18.2. The van der Waals surface area contributed by atoms with Crippen molar-refractivity contribution >= 4 is 23.2 Å². The SMILES string of the molecule is CCCNCCNC(=O)C(C)Oc1ccc(Cl)cc1[N+](=O)[O-]. The number of carbonyl (C=O) groups excluding carboxylic acids is 1. The van der Waals surface area contributed by atoms with Gasteiger partial charge in [-0.3, -0.25) is 14.9 Å². The summed E-state index contributed by atoms with van der Waals surface area (Å²) in [5.74, 6) is -0.316. The minimum Gasteiger partial charge on any atom is -0.474 e. The third-order valence-corrected chi connectivity index (χ3v) is 3.05. The normalized spacial score (nSPS) is 11.8. The molecule has 0 saturated carbocycles. The Morgan fingerprint density at radius 2 is 2.14 bits per heavy atom. The zero-order valence-electron chi connectivity index (χ0n) is 12.6. The molecule has 0 bridgehead atoms. The van der Waals surface area contributed by atoms with Crippen LogP contribution in [-0.2, 0) is 4.79 Å². The molecule has 0 aliphatic rings. The van der Waals surface area contributed by atoms with Crippen LogP contribution in [0.15, 0.2) is 18.2 Å². The smallest absolute Gasteiger partial charge is 0.312 e. The lowest BCUT2D eigenvalue weighted by atomic mass is 10.3. The summed E-state index contributed by atoms with van der Waals surface area (Å²) < 4.78 is 5.37. The van der Waals surface area contributed by atoms with Gasteiger partial charge in [0.15, 0.2) is 11.9 Å². The second kappa shape index (κ2) is 9.22. The van der Waals surface area contributed by atoms with E-state index < -0.39 is 11.0 Å². The Hall–Kier alpha value is -1.86. The number of nitro groups is 1. The first-order valence-electron chi connectivity index (χ1n) is 7.04. The lowest BCUT2D eigenvalue weighted by Crippen LogP contribution is -2.39. The van der Waals surface area contributed by atoms with E-state index in [1.807, 2.05) is 0 Å². The van der Waals surface area contributed by atoms with Crippen LogP contribution in [0.4, 0.5) is 5.69 Å². The fourth-order valence-electron chi connectivity index (χ4n) is 1.70. The zero-order valence-corrected chi connectivity index (χ0v) is 13.4. The average molecular weight is 330 g/mol. The van der Waals surface area contributed by atoms with Crippen LogP contribution in [0.2, 0.25) is 5.02 Å². The molecule has 8 heteroatoms. The summed E-state index contributed by atoms with van der Waals surface area (Å²) in [7, 11) is 0. The van der Waals surface area contributed by atoms with Gasteiger partial charge in [-0.2, -0.15) is 0 Å². The molecule has 1 amide bonds. The third-order valence-electron chi connectivity index (χ3n) is 2.82. The van der Waals surface area contributed by atoms with Crippen LogP contribution < -0.4 is 15.4 Å². The predicted octanol–water partition coefficient (Wildman–Crippen LogP) is 2.13. The van der Waals surface area contributed by atoms with Gasteiger partial charge in [-0.15, -0.1) is 0 Å². The standard InChI is InChI=1S/C14H20ClN3O4/c1-3-6-16-7-8-17-14(19)10(2)22-13-5-4-11(15)9-12(13)18(20)21/h4-5,9-10,16H,3,6-8H2,1-2H3,(H,17,19). The molecule has 7 nitrogen and oxygen atoms in total. The molecule has 0 radical (unpaired) electrons. The Morgan fingerprint density at radius 1 is 1.41 bits per heavy atom. The molecule has 0 aliphatic carbocycles. The number of amides is 1. The van der Waals surface area contributed by atoms with Crippen LogP contribution in [0, 0.1) is 10.1 Å². The van der Waals surface area contributed by atoms with E-state index in [0.717, 1.165) is 13.0 Å². The number of nitrogens with one attached hydrogen (secondary N) is 2. The molecule has 1 aromatic rings. The maximum atomic E-state index is 11.9. The van der Waals surface area contributed by atoms with E-state index in [4.69, 9.17) is 16.3 Å². The highest BCUT2D eigenvalue weighted by Gasteiger charge is 2.21. The summed E-state index contributed by atoms with van der Waals surface area (Å²) in [6.45, 7) is 5.61. The molecule has 22 heavy (non-hydrogen) atoms. The summed E-state index contributed by atoms with van der Waals surface area (Å²) in [5.41, 5.74) is -0.267. The van der Waals surface area contributed by atoms with Gasteiger partial charge in [-0.1, -0.05) is 18.5 Å². The van der Waals surface area contributed by atoms with Crippen molar-refractivity contribution in [1.29, 1.82) is 0 Å². The second-order valence-corrected chi connectivity index (χ2v) is 5.11. The van der Waals surface area contributed by atoms with E-state index >= 15 is 0 Å². The monoisotopic (exact) mass is 329 g/mol. The molecule has 0 saturated heterocycles. The van der Waals surface area contributed by atoms with Crippen LogP contribution in [0.3, 0.4) is 0 Å². The minimum atomic E-state index is -0.842. The zero-order chi connectivity index (χ0) is 16.5. The van der Waals surface area contributed by atoms with E-state index in [-0.39, 0.29) is 22.4 Å². The molecule has 1 aromatic carbocycles. The maximum Gasteiger partial charge on any atom is 0.312 e. The lowest BCUT2D eigenvalue weighted by molar-refractivity contribution is -0.386. The van der Waals surface area contributed by atoms with Gasteiger partial charge in [-0.05, 0) is 32.0 Å².